The molecule has 3 fully saturated rings. The van der Waals surface area contributed by atoms with E-state index in [4.69, 9.17) is 9.47 Å². The zero-order chi connectivity index (χ0) is 35.6. The maximum atomic E-state index is 14.3. The van der Waals surface area contributed by atoms with Crippen LogP contribution >= 0.6 is 22.6 Å². The number of carbonyl (C=O) groups is 2. The fourth-order valence-electron chi connectivity index (χ4n) is 8.48. The van der Waals surface area contributed by atoms with Crippen molar-refractivity contribution < 1.29 is 34.4 Å². The van der Waals surface area contributed by atoms with Gasteiger partial charge in [0.05, 0.1) is 29.9 Å². The van der Waals surface area contributed by atoms with Crippen molar-refractivity contribution in [2.45, 2.75) is 136 Å². The number of nitrogens with zero attached hydrogens (tertiary/aromatic N) is 1. The molecule has 4 N–H and O–H groups in total. The Bertz CT molecular complexity index is 1270. The van der Waals surface area contributed by atoms with Crippen LogP contribution in [0.5, 0.6) is 11.5 Å². The second-order valence-corrected chi connectivity index (χ2v) is 16.3. The van der Waals surface area contributed by atoms with Crippen molar-refractivity contribution in [1.82, 2.24) is 10.2 Å². The van der Waals surface area contributed by atoms with Gasteiger partial charge in [0.2, 0.25) is 11.8 Å². The smallest absolute Gasteiger partial charge is 0.247 e. The number of hydrogen-bond donors (Lipinski definition) is 4. The first-order chi connectivity index (χ1) is 23.5. The van der Waals surface area contributed by atoms with Gasteiger partial charge in [-0.1, -0.05) is 72.1 Å². The highest BCUT2D eigenvalue weighted by molar-refractivity contribution is 14.1. The zero-order valence-electron chi connectivity index (χ0n) is 30.2. The summed E-state index contributed by atoms with van der Waals surface area (Å²) in [6.45, 7) is 7.25. The summed E-state index contributed by atoms with van der Waals surface area (Å²) in [5.74, 6) is 2.09. The van der Waals surface area contributed by atoms with Gasteiger partial charge in [-0.05, 0) is 95.2 Å². The van der Waals surface area contributed by atoms with E-state index in [0.29, 0.717) is 51.0 Å². The second kappa shape index (κ2) is 19.1. The molecule has 2 amide bonds. The molecule has 1 aromatic rings. The quantitative estimate of drug-likeness (QED) is 0.0874. The minimum Gasteiger partial charge on any atom is -0.493 e. The summed E-state index contributed by atoms with van der Waals surface area (Å²) in [5.41, 5.74) is 1.33. The van der Waals surface area contributed by atoms with Crippen molar-refractivity contribution in [1.29, 1.82) is 0 Å². The van der Waals surface area contributed by atoms with Crippen molar-refractivity contribution >= 4 is 34.4 Å². The first-order valence-electron chi connectivity index (χ1n) is 18.8. The third kappa shape index (κ3) is 10.1. The van der Waals surface area contributed by atoms with Crippen LogP contribution < -0.4 is 14.8 Å². The van der Waals surface area contributed by atoms with E-state index in [1.54, 1.807) is 18.2 Å². The Labute approximate surface area is 307 Å². The van der Waals surface area contributed by atoms with E-state index >= 15 is 0 Å². The van der Waals surface area contributed by atoms with Crippen LogP contribution in [0, 0.1) is 26.7 Å². The topological polar surface area (TPSA) is 129 Å². The Kier molecular flexibility index (Phi) is 15.5. The summed E-state index contributed by atoms with van der Waals surface area (Å²) < 4.78 is 12.8. The summed E-state index contributed by atoms with van der Waals surface area (Å²) in [4.78, 5) is 29.5. The van der Waals surface area contributed by atoms with Crippen molar-refractivity contribution in [3.05, 3.63) is 32.9 Å². The Hall–Kier alpha value is -1.89. The number of rotatable bonds is 20. The lowest BCUT2D eigenvalue weighted by Gasteiger charge is -2.61. The molecule has 2 bridgehead atoms. The third-order valence-corrected chi connectivity index (χ3v) is 12.4. The Balaban J connectivity index is 1.57. The maximum absolute atomic E-state index is 14.3. The molecule has 0 saturated heterocycles. The third-order valence-electron chi connectivity index (χ3n) is 11.6. The summed E-state index contributed by atoms with van der Waals surface area (Å²) >= 11 is 2.12. The molecule has 49 heavy (non-hydrogen) atoms. The number of fused-ring (bicyclic) bond motifs is 2. The highest BCUT2D eigenvalue weighted by Crippen LogP contribution is 2.61. The van der Waals surface area contributed by atoms with Gasteiger partial charge in [-0.25, -0.2) is 0 Å². The fourth-order valence-corrected chi connectivity index (χ4v) is 9.27. The number of unbranched alkanes of at least 4 members (excludes halogenated alkanes) is 8. The van der Waals surface area contributed by atoms with Gasteiger partial charge in [-0.2, -0.15) is 0 Å². The van der Waals surface area contributed by atoms with Crippen LogP contribution in [0.3, 0.4) is 0 Å². The average molecular weight is 797 g/mol. The number of benzene rings is 1. The molecule has 5 rings (SSSR count). The number of carbonyl (C=O) groups excluding carboxylic acids is 2. The molecule has 9 nitrogen and oxygen atoms in total. The standard InChI is InChI=1S/C39H61IN2O7/c1-5-6-7-8-9-10-11-12-13-14-35(45)42(24-27-15-16-29-23-30(27)39(29,2)3)32-21-28(38(47)41-17-18-43)22-33(36(32)46)49-37-31(40)19-26(25-44)20-34(37)48-4/h19-20,22,27,29-30,32-33,36,43-44,46H,5-18,21,23-25H2,1-4H3,(H,41,47)/t27-,29-,30-,32+,33-,36-/m0/s1. The van der Waals surface area contributed by atoms with Gasteiger partial charge in [0.25, 0.3) is 0 Å². The lowest BCUT2D eigenvalue weighted by atomic mass is 9.45. The molecule has 276 valence electrons. The van der Waals surface area contributed by atoms with Crippen molar-refractivity contribution in [3.63, 3.8) is 0 Å². The van der Waals surface area contributed by atoms with Crippen molar-refractivity contribution in [3.8, 4) is 11.5 Å². The number of nitrogens with one attached hydrogen (secondary N) is 1. The predicted octanol–water partition coefficient (Wildman–Crippen LogP) is 6.53. The largest absolute Gasteiger partial charge is 0.493 e. The van der Waals surface area contributed by atoms with Gasteiger partial charge < -0.3 is 35.0 Å². The van der Waals surface area contributed by atoms with Crippen LogP contribution in [-0.2, 0) is 16.2 Å². The lowest BCUT2D eigenvalue weighted by Crippen LogP contribution is -2.59. The van der Waals surface area contributed by atoms with E-state index in [9.17, 15) is 24.9 Å². The summed E-state index contributed by atoms with van der Waals surface area (Å²) in [6.07, 6.45) is 14.1. The van der Waals surface area contributed by atoms with Gasteiger partial charge in [0.15, 0.2) is 11.5 Å². The van der Waals surface area contributed by atoms with Crippen molar-refractivity contribution in [2.75, 3.05) is 26.8 Å². The zero-order valence-corrected chi connectivity index (χ0v) is 32.4. The highest BCUT2D eigenvalue weighted by Gasteiger charge is 2.55. The molecule has 4 aliphatic rings. The first kappa shape index (κ1) is 39.9. The average Bonchev–Trinajstić information content (AvgIpc) is 3.10. The monoisotopic (exact) mass is 796 g/mol. The molecular weight excluding hydrogens is 735 g/mol. The Morgan fingerprint density at radius 3 is 2.35 bits per heavy atom. The number of aliphatic hydroxyl groups is 3. The van der Waals surface area contributed by atoms with Crippen molar-refractivity contribution in [2.24, 2.45) is 23.2 Å². The van der Waals surface area contributed by atoms with Crippen LogP contribution in [0.25, 0.3) is 0 Å². The SMILES string of the molecule is CCCCCCCCCCCC(=O)N(C[C@@H]1CC[C@H]2C[C@@H]1C2(C)C)[C@@H]1CC(C(=O)NCCO)=C[C@H](Oc2c(I)cc(CO)cc2OC)[C@H]1O. The predicted molar refractivity (Wildman–Crippen MR) is 200 cm³/mol. The van der Waals surface area contributed by atoms with Gasteiger partial charge in [0, 0.05) is 31.5 Å². The lowest BCUT2D eigenvalue weighted by molar-refractivity contribution is -0.148. The number of aliphatic hydroxyl groups excluding tert-OH is 3. The van der Waals surface area contributed by atoms with Gasteiger partial charge in [-0.15, -0.1) is 0 Å². The summed E-state index contributed by atoms with van der Waals surface area (Å²) in [5, 5.41) is 34.0. The van der Waals surface area contributed by atoms with Crippen LogP contribution in [0.1, 0.15) is 116 Å². The second-order valence-electron chi connectivity index (χ2n) is 15.1. The number of halogens is 1. The van der Waals surface area contributed by atoms with Gasteiger partial charge in [-0.3, -0.25) is 9.59 Å². The number of ether oxygens (including phenoxy) is 2. The normalized spacial score (nSPS) is 25.6. The van der Waals surface area contributed by atoms with E-state index in [1.807, 2.05) is 4.90 Å². The van der Waals surface area contributed by atoms with Crippen LogP contribution in [0.15, 0.2) is 23.8 Å². The number of hydrogen-bond acceptors (Lipinski definition) is 7. The molecule has 0 aromatic heterocycles. The molecular formula is C39H61IN2O7. The van der Waals surface area contributed by atoms with Gasteiger partial charge in [0.1, 0.15) is 12.2 Å². The highest BCUT2D eigenvalue weighted by atomic mass is 127. The van der Waals surface area contributed by atoms with E-state index in [2.05, 4.69) is 48.7 Å². The fraction of sp³-hybridized carbons (Fsp3) is 0.744. The van der Waals surface area contributed by atoms with Gasteiger partial charge >= 0.3 is 0 Å². The van der Waals surface area contributed by atoms with Crippen LogP contribution in [-0.4, -0.2) is 77.1 Å². The molecule has 4 aliphatic carbocycles. The molecule has 0 aliphatic heterocycles. The molecule has 0 radical (unpaired) electrons. The van der Waals surface area contributed by atoms with E-state index in [0.717, 1.165) is 38.0 Å². The minimum atomic E-state index is -1.09. The molecule has 3 saturated carbocycles. The summed E-state index contributed by atoms with van der Waals surface area (Å²) in [6, 6.07) is 2.83. The van der Waals surface area contributed by atoms with E-state index in [-0.39, 0.29) is 43.4 Å². The van der Waals surface area contributed by atoms with Crippen LogP contribution in [0.2, 0.25) is 0 Å². The number of amides is 2. The Morgan fingerprint density at radius 2 is 1.73 bits per heavy atom. The molecule has 1 aromatic carbocycles. The molecule has 0 heterocycles. The number of methoxy groups -OCH3 is 1. The summed E-state index contributed by atoms with van der Waals surface area (Å²) in [7, 11) is 1.52. The molecule has 6 atom stereocenters. The first-order valence-corrected chi connectivity index (χ1v) is 19.8. The van der Waals surface area contributed by atoms with Crippen LogP contribution in [0.4, 0.5) is 0 Å². The van der Waals surface area contributed by atoms with E-state index in [1.165, 1.54) is 52.1 Å². The Morgan fingerprint density at radius 1 is 1.04 bits per heavy atom. The molecule has 0 unspecified atom stereocenters. The van der Waals surface area contributed by atoms with E-state index < -0.39 is 18.2 Å². The molecule has 0 spiro atoms. The molecule has 10 heteroatoms. The minimum absolute atomic E-state index is 0.0291. The maximum Gasteiger partial charge on any atom is 0.247 e.